The number of nitrogens with one attached hydrogen (secondary N) is 1. The van der Waals surface area contributed by atoms with E-state index in [9.17, 15) is 22.8 Å². The second-order valence-electron chi connectivity index (χ2n) is 6.27. The van der Waals surface area contributed by atoms with Crippen LogP contribution in [0.3, 0.4) is 0 Å². The molecule has 0 spiro atoms. The normalized spacial score (nSPS) is 13.3. The number of rotatable bonds is 13. The van der Waals surface area contributed by atoms with Crippen LogP contribution in [0.25, 0.3) is 0 Å². The minimum atomic E-state index is -3.67. The van der Waals surface area contributed by atoms with Crippen molar-refractivity contribution in [2.45, 2.75) is 25.9 Å². The predicted octanol–water partition coefficient (Wildman–Crippen LogP) is 0.995. The van der Waals surface area contributed by atoms with Gasteiger partial charge in [-0.15, -0.1) is 0 Å². The molecule has 9 nitrogen and oxygen atoms in total. The molecule has 1 aromatic carbocycles. The lowest BCUT2D eigenvalue weighted by Crippen LogP contribution is -2.32. The molecule has 29 heavy (non-hydrogen) atoms. The number of benzene rings is 1. The summed E-state index contributed by atoms with van der Waals surface area (Å²) in [6.07, 6.45) is -0.847. The van der Waals surface area contributed by atoms with Gasteiger partial charge in [-0.1, -0.05) is 30.3 Å². The van der Waals surface area contributed by atoms with Crippen molar-refractivity contribution in [1.29, 1.82) is 0 Å². The first-order valence-corrected chi connectivity index (χ1v) is 10.6. The van der Waals surface area contributed by atoms with E-state index in [4.69, 9.17) is 9.47 Å². The van der Waals surface area contributed by atoms with Gasteiger partial charge in [-0.05, 0) is 18.9 Å². The lowest BCUT2D eigenvalue weighted by atomic mass is 9.97. The van der Waals surface area contributed by atoms with Crippen LogP contribution in [-0.2, 0) is 38.2 Å². The van der Waals surface area contributed by atoms with Crippen LogP contribution >= 0.6 is 0 Å². The van der Waals surface area contributed by atoms with Gasteiger partial charge in [0.25, 0.3) is 10.1 Å². The molecule has 1 rings (SSSR count). The van der Waals surface area contributed by atoms with E-state index in [1.807, 2.05) is 6.07 Å². The number of ether oxygens (including phenoxy) is 2. The maximum atomic E-state index is 12.2. The Morgan fingerprint density at radius 3 is 2.31 bits per heavy atom. The van der Waals surface area contributed by atoms with Crippen LogP contribution in [0.1, 0.15) is 31.4 Å². The largest absolute Gasteiger partial charge is 0.463 e. The van der Waals surface area contributed by atoms with E-state index in [0.717, 1.165) is 7.11 Å². The van der Waals surface area contributed by atoms with Gasteiger partial charge in [0.2, 0.25) is 5.91 Å². The smallest absolute Gasteiger partial charge is 0.339 e. The number of carbonyl (C=O) groups is 3. The number of Topliss-reactive ketones (excluding diaryl/α,β-unsaturated/α-hetero) is 1. The Morgan fingerprint density at radius 1 is 1.10 bits per heavy atom. The maximum Gasteiger partial charge on any atom is 0.339 e. The zero-order chi connectivity index (χ0) is 21.9. The van der Waals surface area contributed by atoms with Crippen LogP contribution in [-0.4, -0.2) is 59.2 Å². The highest BCUT2D eigenvalue weighted by atomic mass is 32.2. The molecule has 0 radical (unpaired) electrons. The minimum absolute atomic E-state index is 0.0545. The van der Waals surface area contributed by atoms with E-state index in [2.05, 4.69) is 9.50 Å². The number of carbonyl (C=O) groups excluding carboxylic acids is 3. The molecule has 0 aromatic heterocycles. The average Bonchev–Trinajstić information content (AvgIpc) is 2.68. The Morgan fingerprint density at radius 2 is 1.76 bits per heavy atom. The van der Waals surface area contributed by atoms with Crippen LogP contribution in [0.4, 0.5) is 0 Å². The van der Waals surface area contributed by atoms with Gasteiger partial charge in [0.1, 0.15) is 5.78 Å². The molecule has 0 heterocycles. The molecule has 162 valence electrons. The molecule has 0 fully saturated rings. The number of esters is 1. The zero-order valence-electron chi connectivity index (χ0n) is 16.8. The van der Waals surface area contributed by atoms with Gasteiger partial charge in [-0.25, -0.2) is 4.79 Å². The highest BCUT2D eigenvalue weighted by Gasteiger charge is 2.23. The summed E-state index contributed by atoms with van der Waals surface area (Å²) in [5.41, 5.74) is 0.647. The number of amides is 1. The molecule has 0 aliphatic rings. The molecule has 2 unspecified atom stereocenters. The summed E-state index contributed by atoms with van der Waals surface area (Å²) in [5.74, 6) is -2.31. The Labute approximate surface area is 170 Å². The fourth-order valence-electron chi connectivity index (χ4n) is 2.52. The SMILES string of the molecule is COC(C(=O)OCCC(CC(=O)NCCS(=O)(=O)OC)C(C)=O)c1ccccc1. The molecule has 1 N–H and O–H groups in total. The molecule has 1 aromatic rings. The maximum absolute atomic E-state index is 12.2. The van der Waals surface area contributed by atoms with E-state index in [1.54, 1.807) is 24.3 Å². The summed E-state index contributed by atoms with van der Waals surface area (Å²) in [4.78, 5) is 36.0. The Kier molecular flexibility index (Phi) is 10.5. The zero-order valence-corrected chi connectivity index (χ0v) is 17.6. The first-order valence-electron chi connectivity index (χ1n) is 9.00. The predicted molar refractivity (Wildman–Crippen MR) is 104 cm³/mol. The molecule has 0 aliphatic heterocycles. The van der Waals surface area contributed by atoms with Gasteiger partial charge in [-0.3, -0.25) is 13.8 Å². The van der Waals surface area contributed by atoms with Crippen molar-refractivity contribution >= 4 is 27.8 Å². The van der Waals surface area contributed by atoms with Crippen LogP contribution in [0, 0.1) is 5.92 Å². The molecular weight excluding hydrogens is 402 g/mol. The molecule has 0 bridgehead atoms. The van der Waals surface area contributed by atoms with Crippen molar-refractivity contribution in [3.8, 4) is 0 Å². The molecule has 2 atom stereocenters. The van der Waals surface area contributed by atoms with Crippen molar-refractivity contribution in [2.24, 2.45) is 5.92 Å². The van der Waals surface area contributed by atoms with Crippen molar-refractivity contribution in [2.75, 3.05) is 33.1 Å². The Bertz CT molecular complexity index is 779. The molecule has 10 heteroatoms. The number of ketones is 1. The third-order valence-corrected chi connectivity index (χ3v) is 5.41. The summed E-state index contributed by atoms with van der Waals surface area (Å²) >= 11 is 0. The third-order valence-electron chi connectivity index (χ3n) is 4.20. The van der Waals surface area contributed by atoms with Crippen LogP contribution in [0.5, 0.6) is 0 Å². The molecular formula is C19H27NO8S. The average molecular weight is 429 g/mol. The summed E-state index contributed by atoms with van der Waals surface area (Å²) < 4.78 is 37.1. The quantitative estimate of drug-likeness (QED) is 0.364. The summed E-state index contributed by atoms with van der Waals surface area (Å²) in [6, 6.07) is 8.84. The van der Waals surface area contributed by atoms with Gasteiger partial charge >= 0.3 is 5.97 Å². The highest BCUT2D eigenvalue weighted by molar-refractivity contribution is 7.86. The minimum Gasteiger partial charge on any atom is -0.463 e. The first-order chi connectivity index (χ1) is 13.7. The monoisotopic (exact) mass is 429 g/mol. The third kappa shape index (κ3) is 9.16. The van der Waals surface area contributed by atoms with E-state index < -0.39 is 34.0 Å². The molecule has 1 amide bonds. The van der Waals surface area contributed by atoms with Gasteiger partial charge in [-0.2, -0.15) is 8.42 Å². The topological polar surface area (TPSA) is 125 Å². The van der Waals surface area contributed by atoms with E-state index in [0.29, 0.717) is 5.56 Å². The van der Waals surface area contributed by atoms with Crippen molar-refractivity contribution in [3.05, 3.63) is 35.9 Å². The van der Waals surface area contributed by atoms with Crippen LogP contribution in [0.2, 0.25) is 0 Å². The highest BCUT2D eigenvalue weighted by Crippen LogP contribution is 2.18. The van der Waals surface area contributed by atoms with Gasteiger partial charge in [0.05, 0.1) is 19.5 Å². The van der Waals surface area contributed by atoms with Gasteiger partial charge in [0, 0.05) is 26.0 Å². The molecule has 0 saturated carbocycles. The summed E-state index contributed by atoms with van der Waals surface area (Å²) in [7, 11) is -1.24. The first kappa shape index (κ1) is 24.7. The van der Waals surface area contributed by atoms with Crippen LogP contribution < -0.4 is 5.32 Å². The standard InChI is InChI=1S/C19H27NO8S/c1-14(21)16(13-17(22)20-10-12-29(24,25)27-3)9-11-28-19(23)18(26-2)15-7-5-4-6-8-15/h4-8,16,18H,9-13H2,1-3H3,(H,20,22). The lowest BCUT2D eigenvalue weighted by Gasteiger charge is -2.17. The Hall–Kier alpha value is -2.30. The lowest BCUT2D eigenvalue weighted by molar-refractivity contribution is -0.156. The molecule has 0 saturated heterocycles. The molecule has 0 aliphatic carbocycles. The summed E-state index contributed by atoms with van der Waals surface area (Å²) in [6.45, 7) is 1.17. The van der Waals surface area contributed by atoms with E-state index in [-0.39, 0.29) is 37.5 Å². The van der Waals surface area contributed by atoms with Gasteiger partial charge in [0.15, 0.2) is 6.10 Å². The van der Waals surface area contributed by atoms with Crippen molar-refractivity contribution < 1.29 is 36.5 Å². The fraction of sp³-hybridized carbons (Fsp3) is 0.526. The van der Waals surface area contributed by atoms with E-state index in [1.165, 1.54) is 14.0 Å². The number of hydrogen-bond acceptors (Lipinski definition) is 8. The van der Waals surface area contributed by atoms with Gasteiger partial charge < -0.3 is 14.8 Å². The number of methoxy groups -OCH3 is 1. The Balaban J connectivity index is 2.48. The second-order valence-corrected chi connectivity index (χ2v) is 8.13. The summed E-state index contributed by atoms with van der Waals surface area (Å²) in [5, 5.41) is 2.43. The van der Waals surface area contributed by atoms with E-state index >= 15 is 0 Å². The second kappa shape index (κ2) is 12.3. The van der Waals surface area contributed by atoms with Crippen molar-refractivity contribution in [1.82, 2.24) is 5.32 Å². The van der Waals surface area contributed by atoms with Crippen molar-refractivity contribution in [3.63, 3.8) is 0 Å². The fourth-order valence-corrected chi connectivity index (χ4v) is 3.04. The van der Waals surface area contributed by atoms with Crippen LogP contribution in [0.15, 0.2) is 30.3 Å². The number of hydrogen-bond donors (Lipinski definition) is 1.